The van der Waals surface area contributed by atoms with Crippen LogP contribution in [0, 0.1) is 5.92 Å². The summed E-state index contributed by atoms with van der Waals surface area (Å²) in [4.78, 5) is 34.3. The minimum absolute atomic E-state index is 0.381. The number of carbonyl (C=O) groups is 3. The highest BCUT2D eigenvalue weighted by atomic mass is 16.5. The highest BCUT2D eigenvalue weighted by molar-refractivity contribution is 5.96. The molecule has 148 valence electrons. The number of imide groups is 1. The number of hydrogen-bond donors (Lipinski definition) is 2. The normalized spacial score (nSPS) is 10.6. The number of benzene rings is 1. The summed E-state index contributed by atoms with van der Waals surface area (Å²) in [5, 5.41) is 4.42. The molecule has 8 nitrogen and oxygen atoms in total. The molecule has 0 radical (unpaired) electrons. The van der Waals surface area contributed by atoms with E-state index >= 15 is 0 Å². The molecule has 1 rings (SSSR count). The zero-order valence-electron chi connectivity index (χ0n) is 16.0. The molecular formula is C19H26N2O6. The van der Waals surface area contributed by atoms with Crippen molar-refractivity contribution in [3.05, 3.63) is 29.8 Å². The van der Waals surface area contributed by atoms with Crippen molar-refractivity contribution in [3.63, 3.8) is 0 Å². The number of nitrogens with one attached hydrogen (secondary N) is 2. The first kappa shape index (κ1) is 22.0. The molecule has 0 aliphatic rings. The minimum atomic E-state index is -0.712. The van der Waals surface area contributed by atoms with Crippen LogP contribution in [0.3, 0.4) is 0 Å². The number of hydrogen-bond acceptors (Lipinski definition) is 6. The summed E-state index contributed by atoms with van der Waals surface area (Å²) in [5.74, 6) is 0.130. The second kappa shape index (κ2) is 11.6. The maximum atomic E-state index is 11.7. The first-order valence-electron chi connectivity index (χ1n) is 8.59. The lowest BCUT2D eigenvalue weighted by Crippen LogP contribution is -2.41. The molecule has 27 heavy (non-hydrogen) atoms. The number of ether oxygens (including phenoxy) is 3. The maximum absolute atomic E-state index is 11.7. The quantitative estimate of drug-likeness (QED) is 0.504. The molecule has 2 N–H and O–H groups in total. The zero-order chi connectivity index (χ0) is 20.2. The molecule has 0 saturated carbocycles. The van der Waals surface area contributed by atoms with E-state index in [1.807, 2.05) is 19.2 Å². The zero-order valence-corrected chi connectivity index (χ0v) is 16.0. The van der Waals surface area contributed by atoms with Gasteiger partial charge in [-0.3, -0.25) is 10.1 Å². The molecule has 0 fully saturated rings. The van der Waals surface area contributed by atoms with Gasteiger partial charge in [-0.25, -0.2) is 9.59 Å². The Morgan fingerprint density at radius 2 is 1.93 bits per heavy atom. The largest absolute Gasteiger partial charge is 0.493 e. The van der Waals surface area contributed by atoms with Gasteiger partial charge in [-0.05, 0) is 36.6 Å². The summed E-state index contributed by atoms with van der Waals surface area (Å²) >= 11 is 0. The van der Waals surface area contributed by atoms with E-state index in [2.05, 4.69) is 5.32 Å². The molecule has 1 aromatic carbocycles. The lowest BCUT2D eigenvalue weighted by Gasteiger charge is -2.12. The third-order valence-corrected chi connectivity index (χ3v) is 3.11. The molecule has 0 atom stereocenters. The van der Waals surface area contributed by atoms with Crippen LogP contribution in [0.2, 0.25) is 0 Å². The lowest BCUT2D eigenvalue weighted by atomic mass is 10.2. The average molecular weight is 378 g/mol. The predicted molar refractivity (Wildman–Crippen MR) is 101 cm³/mol. The molecule has 0 aliphatic carbocycles. The van der Waals surface area contributed by atoms with E-state index in [9.17, 15) is 14.4 Å². The molecular weight excluding hydrogens is 352 g/mol. The molecule has 0 unspecified atom stereocenters. The summed E-state index contributed by atoms with van der Waals surface area (Å²) in [6.45, 7) is 6.21. The molecule has 0 saturated heterocycles. The van der Waals surface area contributed by atoms with Crippen LogP contribution in [-0.4, -0.2) is 44.8 Å². The van der Waals surface area contributed by atoms with Crippen molar-refractivity contribution in [2.45, 2.75) is 20.8 Å². The van der Waals surface area contributed by atoms with Gasteiger partial charge in [0.05, 0.1) is 13.7 Å². The van der Waals surface area contributed by atoms with Crippen molar-refractivity contribution in [1.29, 1.82) is 0 Å². The monoisotopic (exact) mass is 378 g/mol. The summed E-state index contributed by atoms with van der Waals surface area (Å²) in [5.41, 5.74) is 0.701. The summed E-state index contributed by atoms with van der Waals surface area (Å²) < 4.78 is 15.7. The standard InChI is InChI=1S/C19H26N2O6/c1-5-20-19(24)21-17(22)12-27-18(23)9-7-14-6-8-15(16(10-14)25-4)26-11-13(2)3/h6-10,13H,5,11-12H2,1-4H3,(H2,20,21,22,24)/b9-7+. The van der Waals surface area contributed by atoms with Crippen LogP contribution in [0.1, 0.15) is 26.3 Å². The number of methoxy groups -OCH3 is 1. The fourth-order valence-electron chi connectivity index (χ4n) is 1.88. The first-order valence-corrected chi connectivity index (χ1v) is 8.59. The Morgan fingerprint density at radius 3 is 2.56 bits per heavy atom. The second-order valence-electron chi connectivity index (χ2n) is 5.96. The van der Waals surface area contributed by atoms with Crippen molar-refractivity contribution in [2.24, 2.45) is 5.92 Å². The summed E-state index contributed by atoms with van der Waals surface area (Å²) in [7, 11) is 1.53. The van der Waals surface area contributed by atoms with Crippen LogP contribution in [-0.2, 0) is 14.3 Å². The first-order chi connectivity index (χ1) is 12.8. The Morgan fingerprint density at radius 1 is 1.19 bits per heavy atom. The fourth-order valence-corrected chi connectivity index (χ4v) is 1.88. The van der Waals surface area contributed by atoms with Crippen LogP contribution in [0.5, 0.6) is 11.5 Å². The molecule has 0 bridgehead atoms. The Hall–Kier alpha value is -3.03. The SMILES string of the molecule is CCNC(=O)NC(=O)COC(=O)/C=C/c1ccc(OCC(C)C)c(OC)c1. The van der Waals surface area contributed by atoms with Crippen LogP contribution < -0.4 is 20.1 Å². The number of esters is 1. The van der Waals surface area contributed by atoms with Crippen LogP contribution in [0.4, 0.5) is 4.79 Å². The van der Waals surface area contributed by atoms with E-state index in [4.69, 9.17) is 14.2 Å². The average Bonchev–Trinajstić information content (AvgIpc) is 2.63. The van der Waals surface area contributed by atoms with Gasteiger partial charge >= 0.3 is 12.0 Å². The van der Waals surface area contributed by atoms with E-state index < -0.39 is 24.5 Å². The highest BCUT2D eigenvalue weighted by Crippen LogP contribution is 2.28. The van der Waals surface area contributed by atoms with Gasteiger partial charge in [0, 0.05) is 12.6 Å². The van der Waals surface area contributed by atoms with Crippen molar-refractivity contribution in [3.8, 4) is 11.5 Å². The molecule has 0 spiro atoms. The number of urea groups is 1. The van der Waals surface area contributed by atoms with Gasteiger partial charge < -0.3 is 19.5 Å². The smallest absolute Gasteiger partial charge is 0.331 e. The summed E-state index contributed by atoms with van der Waals surface area (Å²) in [6, 6.07) is 4.61. The minimum Gasteiger partial charge on any atom is -0.493 e. The number of carbonyl (C=O) groups excluding carboxylic acids is 3. The predicted octanol–water partition coefficient (Wildman–Crippen LogP) is 2.13. The maximum Gasteiger partial charge on any atom is 0.331 e. The van der Waals surface area contributed by atoms with Gasteiger partial charge in [-0.1, -0.05) is 19.9 Å². The number of amides is 3. The van der Waals surface area contributed by atoms with Crippen molar-refractivity contribution in [1.82, 2.24) is 10.6 Å². The molecule has 0 aromatic heterocycles. The summed E-state index contributed by atoms with van der Waals surface area (Å²) in [6.07, 6.45) is 2.71. The Balaban J connectivity index is 2.56. The van der Waals surface area contributed by atoms with Crippen LogP contribution >= 0.6 is 0 Å². The van der Waals surface area contributed by atoms with Crippen molar-refractivity contribution >= 4 is 24.0 Å². The van der Waals surface area contributed by atoms with Gasteiger partial charge in [0.25, 0.3) is 5.91 Å². The van der Waals surface area contributed by atoms with Gasteiger partial charge in [0.15, 0.2) is 18.1 Å². The van der Waals surface area contributed by atoms with Gasteiger partial charge in [0.1, 0.15) is 0 Å². The Bertz CT molecular complexity index is 685. The van der Waals surface area contributed by atoms with E-state index in [1.54, 1.807) is 25.1 Å². The van der Waals surface area contributed by atoms with E-state index in [-0.39, 0.29) is 0 Å². The molecule has 0 heterocycles. The second-order valence-corrected chi connectivity index (χ2v) is 5.96. The number of rotatable bonds is 9. The highest BCUT2D eigenvalue weighted by Gasteiger charge is 2.09. The van der Waals surface area contributed by atoms with Crippen molar-refractivity contribution in [2.75, 3.05) is 26.9 Å². The van der Waals surface area contributed by atoms with E-state index in [0.717, 1.165) is 0 Å². The molecule has 0 aliphatic heterocycles. The molecule has 1 aromatic rings. The Labute approximate surface area is 158 Å². The van der Waals surface area contributed by atoms with Crippen LogP contribution in [0.25, 0.3) is 6.08 Å². The van der Waals surface area contributed by atoms with E-state index in [1.165, 1.54) is 19.3 Å². The fraction of sp³-hybridized carbons (Fsp3) is 0.421. The lowest BCUT2D eigenvalue weighted by molar-refractivity contribution is -0.143. The third-order valence-electron chi connectivity index (χ3n) is 3.11. The third kappa shape index (κ3) is 8.75. The van der Waals surface area contributed by atoms with Gasteiger partial charge in [-0.15, -0.1) is 0 Å². The van der Waals surface area contributed by atoms with Crippen molar-refractivity contribution < 1.29 is 28.6 Å². The molecule has 8 heteroatoms. The topological polar surface area (TPSA) is 103 Å². The molecule has 3 amide bonds. The Kier molecular flexibility index (Phi) is 9.42. The van der Waals surface area contributed by atoms with Gasteiger partial charge in [-0.2, -0.15) is 0 Å². The van der Waals surface area contributed by atoms with Gasteiger partial charge in [0.2, 0.25) is 0 Å². The van der Waals surface area contributed by atoms with E-state index in [0.29, 0.717) is 36.1 Å². The van der Waals surface area contributed by atoms with Crippen LogP contribution in [0.15, 0.2) is 24.3 Å².